The van der Waals surface area contributed by atoms with Gasteiger partial charge in [-0.25, -0.2) is 4.98 Å². The number of carbonyl (C=O) groups excluding carboxylic acids is 1. The summed E-state index contributed by atoms with van der Waals surface area (Å²) in [4.78, 5) is 36.6. The van der Waals surface area contributed by atoms with Gasteiger partial charge in [-0.05, 0) is 43.4 Å². The topological polar surface area (TPSA) is 66.1 Å². The van der Waals surface area contributed by atoms with Crippen LogP contribution in [0, 0.1) is 0 Å². The van der Waals surface area contributed by atoms with E-state index in [9.17, 15) is 9.59 Å². The number of aromatic nitrogens is 2. The number of para-hydroxylation sites is 1. The van der Waals surface area contributed by atoms with Gasteiger partial charge in [-0.2, -0.15) is 0 Å². The third-order valence-corrected chi connectivity index (χ3v) is 6.86. The second-order valence-electron chi connectivity index (χ2n) is 6.68. The number of aryl methyl sites for hydroxylation is 2. The van der Waals surface area contributed by atoms with Crippen molar-refractivity contribution in [2.24, 2.45) is 0 Å². The van der Waals surface area contributed by atoms with E-state index in [1.165, 1.54) is 28.6 Å². The summed E-state index contributed by atoms with van der Waals surface area (Å²) in [6.45, 7) is 4.18. The molecule has 0 saturated carbocycles. The van der Waals surface area contributed by atoms with E-state index in [-0.39, 0.29) is 17.2 Å². The number of anilines is 1. The summed E-state index contributed by atoms with van der Waals surface area (Å²) in [5.41, 5.74) is 1.91. The van der Waals surface area contributed by atoms with E-state index in [0.29, 0.717) is 11.7 Å². The predicted octanol–water partition coefficient (Wildman–Crippen LogP) is 4.17. The standard InChI is InChI=1S/C21H21N3O2S2/c1-2-12-24(14-8-4-3-5-9-14)17(25)13-27-21-22-19(26)18-15-10-6-7-11-16(15)28-20(18)23-21/h2-5,8-9H,1,6-7,10-13H2,(H,22,23,26). The Hall–Kier alpha value is -2.38. The minimum absolute atomic E-state index is 0.0516. The number of aromatic amines is 1. The van der Waals surface area contributed by atoms with E-state index in [2.05, 4.69) is 16.5 Å². The smallest absolute Gasteiger partial charge is 0.260 e. The highest BCUT2D eigenvalue weighted by Crippen LogP contribution is 2.34. The Kier molecular flexibility index (Phi) is 5.64. The van der Waals surface area contributed by atoms with Gasteiger partial charge < -0.3 is 9.88 Å². The number of thiophene rings is 1. The molecule has 0 atom stereocenters. The minimum Gasteiger partial charge on any atom is -0.308 e. The van der Waals surface area contributed by atoms with Crippen molar-refractivity contribution >= 4 is 44.9 Å². The van der Waals surface area contributed by atoms with Gasteiger partial charge in [-0.3, -0.25) is 9.59 Å². The van der Waals surface area contributed by atoms with E-state index in [0.717, 1.165) is 35.2 Å². The van der Waals surface area contributed by atoms with Crippen molar-refractivity contribution in [1.82, 2.24) is 9.97 Å². The molecule has 5 nitrogen and oxygen atoms in total. The molecule has 1 N–H and O–H groups in total. The summed E-state index contributed by atoms with van der Waals surface area (Å²) in [6, 6.07) is 9.51. The van der Waals surface area contributed by atoms with E-state index in [1.807, 2.05) is 30.3 Å². The van der Waals surface area contributed by atoms with Gasteiger partial charge in [0.25, 0.3) is 5.56 Å². The number of benzene rings is 1. The van der Waals surface area contributed by atoms with Crippen LogP contribution < -0.4 is 10.5 Å². The van der Waals surface area contributed by atoms with E-state index in [4.69, 9.17) is 0 Å². The molecule has 2 aromatic heterocycles. The fraction of sp³-hybridized carbons (Fsp3) is 0.286. The van der Waals surface area contributed by atoms with Crippen molar-refractivity contribution in [3.05, 3.63) is 63.8 Å². The first kappa shape index (κ1) is 19.0. The van der Waals surface area contributed by atoms with Crippen molar-refractivity contribution < 1.29 is 4.79 Å². The van der Waals surface area contributed by atoms with Crippen molar-refractivity contribution in [1.29, 1.82) is 0 Å². The molecule has 0 spiro atoms. The molecule has 0 radical (unpaired) electrons. The lowest BCUT2D eigenvalue weighted by Crippen LogP contribution is -2.32. The molecule has 0 fully saturated rings. The molecule has 0 saturated heterocycles. The van der Waals surface area contributed by atoms with Crippen LogP contribution in [0.25, 0.3) is 10.2 Å². The third kappa shape index (κ3) is 3.77. The summed E-state index contributed by atoms with van der Waals surface area (Å²) < 4.78 is 0. The average Bonchev–Trinajstić information content (AvgIpc) is 3.09. The van der Waals surface area contributed by atoms with Gasteiger partial charge in [-0.1, -0.05) is 36.0 Å². The largest absolute Gasteiger partial charge is 0.308 e. The molecule has 0 bridgehead atoms. The predicted molar refractivity (Wildman–Crippen MR) is 117 cm³/mol. The molecule has 1 aromatic carbocycles. The number of thioether (sulfide) groups is 1. The molecule has 28 heavy (non-hydrogen) atoms. The van der Waals surface area contributed by atoms with Crippen LogP contribution in [0.3, 0.4) is 0 Å². The Morgan fingerprint density at radius 3 is 2.86 bits per heavy atom. The van der Waals surface area contributed by atoms with Gasteiger partial charge in [0.05, 0.1) is 11.1 Å². The van der Waals surface area contributed by atoms with Gasteiger partial charge in [0.2, 0.25) is 5.91 Å². The zero-order chi connectivity index (χ0) is 19.5. The number of hydrogen-bond donors (Lipinski definition) is 1. The Morgan fingerprint density at radius 1 is 1.29 bits per heavy atom. The number of carbonyl (C=O) groups is 1. The van der Waals surface area contributed by atoms with Crippen molar-refractivity contribution in [2.75, 3.05) is 17.2 Å². The van der Waals surface area contributed by atoms with Crippen LogP contribution in [0.15, 0.2) is 52.9 Å². The summed E-state index contributed by atoms with van der Waals surface area (Å²) in [5.74, 6) is 0.145. The second-order valence-corrected chi connectivity index (χ2v) is 8.73. The summed E-state index contributed by atoms with van der Waals surface area (Å²) in [7, 11) is 0. The third-order valence-electron chi connectivity index (χ3n) is 4.82. The average molecular weight is 412 g/mol. The quantitative estimate of drug-likeness (QED) is 0.375. The maximum Gasteiger partial charge on any atom is 0.260 e. The maximum atomic E-state index is 12.8. The van der Waals surface area contributed by atoms with E-state index < -0.39 is 0 Å². The van der Waals surface area contributed by atoms with Crippen LogP contribution >= 0.6 is 23.1 Å². The number of nitrogens with one attached hydrogen (secondary N) is 1. The number of fused-ring (bicyclic) bond motifs is 3. The van der Waals surface area contributed by atoms with Crippen LogP contribution in [-0.2, 0) is 17.6 Å². The number of rotatable bonds is 6. The Morgan fingerprint density at radius 2 is 2.07 bits per heavy atom. The Bertz CT molecular complexity index is 1070. The van der Waals surface area contributed by atoms with Crippen LogP contribution in [0.5, 0.6) is 0 Å². The van der Waals surface area contributed by atoms with Crippen LogP contribution in [0.1, 0.15) is 23.3 Å². The molecule has 1 aliphatic carbocycles. The Labute approximate surface area is 171 Å². The summed E-state index contributed by atoms with van der Waals surface area (Å²) >= 11 is 2.89. The molecule has 4 rings (SSSR count). The SMILES string of the molecule is C=CCN(C(=O)CSc1nc2sc3c(c2c(=O)[nH]1)CCCC3)c1ccccc1. The highest BCUT2D eigenvalue weighted by Gasteiger charge is 2.20. The van der Waals surface area contributed by atoms with Gasteiger partial charge in [0.1, 0.15) is 4.83 Å². The molecule has 7 heteroatoms. The first-order valence-electron chi connectivity index (χ1n) is 9.31. The molecular weight excluding hydrogens is 390 g/mol. The molecule has 3 aromatic rings. The van der Waals surface area contributed by atoms with Crippen molar-refractivity contribution in [3.8, 4) is 0 Å². The van der Waals surface area contributed by atoms with Gasteiger partial charge >= 0.3 is 0 Å². The van der Waals surface area contributed by atoms with Crippen molar-refractivity contribution in [3.63, 3.8) is 0 Å². The zero-order valence-electron chi connectivity index (χ0n) is 15.4. The lowest BCUT2D eigenvalue weighted by molar-refractivity contribution is -0.116. The molecule has 2 heterocycles. The first-order valence-corrected chi connectivity index (χ1v) is 11.1. The number of H-pyrrole nitrogens is 1. The van der Waals surface area contributed by atoms with Gasteiger partial charge in [-0.15, -0.1) is 17.9 Å². The molecule has 0 unspecified atom stereocenters. The fourth-order valence-corrected chi connectivity index (χ4v) is 5.57. The number of amides is 1. The second kappa shape index (κ2) is 8.32. The summed E-state index contributed by atoms with van der Waals surface area (Å²) in [6.07, 6.45) is 6.00. The van der Waals surface area contributed by atoms with Crippen LogP contribution in [-0.4, -0.2) is 28.2 Å². The minimum atomic E-state index is -0.0923. The van der Waals surface area contributed by atoms with Gasteiger partial charge in [0, 0.05) is 17.1 Å². The summed E-state index contributed by atoms with van der Waals surface area (Å²) in [5, 5.41) is 1.24. The van der Waals surface area contributed by atoms with Gasteiger partial charge in [0.15, 0.2) is 5.16 Å². The monoisotopic (exact) mass is 411 g/mol. The van der Waals surface area contributed by atoms with E-state index >= 15 is 0 Å². The first-order chi connectivity index (χ1) is 13.7. The number of nitrogens with zero attached hydrogens (tertiary/aromatic N) is 2. The molecular formula is C21H21N3O2S2. The number of hydrogen-bond acceptors (Lipinski definition) is 5. The lowest BCUT2D eigenvalue weighted by atomic mass is 9.97. The maximum absolute atomic E-state index is 12.8. The van der Waals surface area contributed by atoms with E-state index in [1.54, 1.807) is 22.3 Å². The van der Waals surface area contributed by atoms with Crippen LogP contribution in [0.4, 0.5) is 5.69 Å². The zero-order valence-corrected chi connectivity index (χ0v) is 17.1. The van der Waals surface area contributed by atoms with Crippen LogP contribution in [0.2, 0.25) is 0 Å². The van der Waals surface area contributed by atoms with Crippen molar-refractivity contribution in [2.45, 2.75) is 30.8 Å². The highest BCUT2D eigenvalue weighted by atomic mass is 32.2. The Balaban J connectivity index is 1.54. The molecule has 1 amide bonds. The fourth-order valence-electron chi connectivity index (χ4n) is 3.51. The molecule has 144 valence electrons. The molecule has 0 aliphatic heterocycles. The lowest BCUT2D eigenvalue weighted by Gasteiger charge is -2.20. The normalized spacial score (nSPS) is 13.3. The molecule has 1 aliphatic rings. The highest BCUT2D eigenvalue weighted by molar-refractivity contribution is 7.99.